The van der Waals surface area contributed by atoms with E-state index in [-0.39, 0.29) is 23.6 Å². The number of carbonyl (C=O) groups excluding carboxylic acids is 1. The van der Waals surface area contributed by atoms with E-state index >= 15 is 0 Å². The maximum atomic E-state index is 12.7. The minimum Gasteiger partial charge on any atom is -0.442 e. The fraction of sp³-hybridized carbons (Fsp3) is 0.545. The number of likely N-dealkylation sites (tertiary alicyclic amines) is 1. The lowest BCUT2D eigenvalue weighted by Crippen LogP contribution is -2.63. The smallest absolute Gasteiger partial charge is 0.326 e. The van der Waals surface area contributed by atoms with Crippen molar-refractivity contribution in [2.24, 2.45) is 0 Å². The van der Waals surface area contributed by atoms with Gasteiger partial charge in [0, 0.05) is 61.2 Å². The van der Waals surface area contributed by atoms with E-state index < -0.39 is 5.72 Å². The van der Waals surface area contributed by atoms with Gasteiger partial charge in [0.15, 0.2) is 5.72 Å². The van der Waals surface area contributed by atoms with E-state index in [4.69, 9.17) is 9.72 Å². The van der Waals surface area contributed by atoms with Crippen molar-refractivity contribution < 1.29 is 9.53 Å². The molecule has 3 aliphatic rings. The molecule has 0 aliphatic carbocycles. The zero-order chi connectivity index (χ0) is 22.7. The van der Waals surface area contributed by atoms with Crippen molar-refractivity contribution in [1.82, 2.24) is 35.3 Å². The van der Waals surface area contributed by atoms with Crippen LogP contribution in [0.15, 0.2) is 17.1 Å². The van der Waals surface area contributed by atoms with Gasteiger partial charge in [0.1, 0.15) is 16.6 Å². The molecule has 2 unspecified atom stereocenters. The molecule has 0 saturated carbocycles. The highest BCUT2D eigenvalue weighted by Gasteiger charge is 2.57. The Labute approximate surface area is 194 Å². The number of nitrogens with one attached hydrogen (secondary N) is 3. The molecule has 3 aromatic rings. The number of nitrogens with zero attached hydrogens (tertiary/aromatic N) is 4. The summed E-state index contributed by atoms with van der Waals surface area (Å²) in [5.41, 5.74) is 2.06. The number of H-pyrrole nitrogens is 2. The second-order valence-electron chi connectivity index (χ2n) is 9.32. The lowest BCUT2D eigenvalue weighted by atomic mass is 9.95. The van der Waals surface area contributed by atoms with Crippen LogP contribution in [0.2, 0.25) is 0 Å². The number of fused-ring (bicyclic) bond motifs is 3. The molecule has 0 bridgehead atoms. The molecule has 0 amide bonds. The SMILES string of the molecule is Cc1[nH]ncc1-c1cc2nc(CN3CCC4(CC3)OC(=O)C3CNCC(C)N34)[nH]c(=O)c2s1. The van der Waals surface area contributed by atoms with Crippen molar-refractivity contribution in [3.8, 4) is 10.4 Å². The minimum absolute atomic E-state index is 0.108. The molecule has 3 saturated heterocycles. The standard InChI is InChI=1S/C22H27N7O3S/c1-12-8-23-10-16-21(31)32-22(29(12)16)3-5-28(6-4-22)11-18-25-15-7-17(14-9-24-27-13(14)2)33-19(15)20(30)26-18/h7,9,12,16,23H,3-6,8,10-11H2,1-2H3,(H,24,27)(H,25,26,30). The number of aromatic amines is 2. The maximum absolute atomic E-state index is 12.7. The van der Waals surface area contributed by atoms with Crippen LogP contribution < -0.4 is 10.9 Å². The third kappa shape index (κ3) is 3.41. The second-order valence-corrected chi connectivity index (χ2v) is 10.4. The van der Waals surface area contributed by atoms with Gasteiger partial charge in [-0.05, 0) is 19.9 Å². The van der Waals surface area contributed by atoms with Gasteiger partial charge in [-0.25, -0.2) is 9.88 Å². The zero-order valence-electron chi connectivity index (χ0n) is 18.7. The highest BCUT2D eigenvalue weighted by molar-refractivity contribution is 7.22. The average Bonchev–Trinajstić information content (AvgIpc) is 3.47. The number of esters is 1. The first kappa shape index (κ1) is 21.0. The summed E-state index contributed by atoms with van der Waals surface area (Å²) >= 11 is 1.44. The van der Waals surface area contributed by atoms with E-state index in [1.807, 2.05) is 13.0 Å². The first-order valence-corrected chi connectivity index (χ1v) is 12.2. The second kappa shape index (κ2) is 7.73. The molecule has 174 valence electrons. The van der Waals surface area contributed by atoms with Crippen molar-refractivity contribution in [3.05, 3.63) is 34.1 Å². The number of rotatable bonds is 3. The Hall–Kier alpha value is -2.60. The maximum Gasteiger partial charge on any atom is 0.326 e. The van der Waals surface area contributed by atoms with Gasteiger partial charge in [0.05, 0.1) is 18.3 Å². The highest BCUT2D eigenvalue weighted by Crippen LogP contribution is 2.40. The molecule has 0 aromatic carbocycles. The highest BCUT2D eigenvalue weighted by atomic mass is 32.1. The largest absolute Gasteiger partial charge is 0.442 e. The first-order chi connectivity index (χ1) is 15.9. The fourth-order valence-electron chi connectivity index (χ4n) is 5.55. The number of aromatic nitrogens is 4. The average molecular weight is 470 g/mol. The van der Waals surface area contributed by atoms with E-state index in [2.05, 4.69) is 37.2 Å². The normalized spacial score (nSPS) is 25.6. The molecule has 3 fully saturated rings. The predicted octanol–water partition coefficient (Wildman–Crippen LogP) is 1.19. The minimum atomic E-state index is -0.505. The number of hydrogen-bond donors (Lipinski definition) is 3. The molecule has 10 nitrogen and oxygen atoms in total. The monoisotopic (exact) mass is 469 g/mol. The molecular formula is C22H27N7O3S. The number of piperazine rings is 1. The van der Waals surface area contributed by atoms with Crippen LogP contribution in [-0.2, 0) is 16.1 Å². The molecule has 6 rings (SSSR count). The van der Waals surface area contributed by atoms with Gasteiger partial charge in [-0.3, -0.25) is 19.6 Å². The van der Waals surface area contributed by atoms with E-state index in [0.717, 1.165) is 48.6 Å². The molecule has 6 heterocycles. The number of carbonyl (C=O) groups is 1. The summed E-state index contributed by atoms with van der Waals surface area (Å²) in [5.74, 6) is 0.550. The lowest BCUT2D eigenvalue weighted by Gasteiger charge is -2.47. The van der Waals surface area contributed by atoms with Crippen LogP contribution in [0.1, 0.15) is 31.3 Å². The van der Waals surface area contributed by atoms with Crippen LogP contribution in [-0.4, -0.2) is 79.9 Å². The third-order valence-electron chi connectivity index (χ3n) is 7.16. The molecule has 3 aliphatic heterocycles. The predicted molar refractivity (Wildman–Crippen MR) is 124 cm³/mol. The van der Waals surface area contributed by atoms with Gasteiger partial charge < -0.3 is 15.0 Å². The van der Waals surface area contributed by atoms with E-state index in [0.29, 0.717) is 29.1 Å². The van der Waals surface area contributed by atoms with Crippen LogP contribution in [0.3, 0.4) is 0 Å². The van der Waals surface area contributed by atoms with Gasteiger partial charge in [0.2, 0.25) is 0 Å². The first-order valence-electron chi connectivity index (χ1n) is 11.4. The number of thiophene rings is 1. The molecule has 1 spiro atoms. The number of piperidine rings is 1. The summed E-state index contributed by atoms with van der Waals surface area (Å²) < 4.78 is 6.60. The Morgan fingerprint density at radius 1 is 1.27 bits per heavy atom. The third-order valence-corrected chi connectivity index (χ3v) is 8.32. The van der Waals surface area contributed by atoms with Crippen LogP contribution in [0, 0.1) is 6.92 Å². The summed E-state index contributed by atoms with van der Waals surface area (Å²) in [7, 11) is 0. The van der Waals surface area contributed by atoms with Crippen molar-refractivity contribution in [2.75, 3.05) is 26.2 Å². The molecule has 2 atom stereocenters. The molecule has 0 radical (unpaired) electrons. The number of aryl methyl sites for hydroxylation is 1. The van der Waals surface area contributed by atoms with E-state index in [1.165, 1.54) is 11.3 Å². The Morgan fingerprint density at radius 3 is 2.85 bits per heavy atom. The van der Waals surface area contributed by atoms with Crippen molar-refractivity contribution >= 4 is 27.5 Å². The van der Waals surface area contributed by atoms with Crippen LogP contribution in [0.25, 0.3) is 20.7 Å². The van der Waals surface area contributed by atoms with Crippen molar-refractivity contribution in [2.45, 2.75) is 51.0 Å². The molecule has 3 aromatic heterocycles. The van der Waals surface area contributed by atoms with Crippen LogP contribution in [0.5, 0.6) is 0 Å². The molecular weight excluding hydrogens is 442 g/mol. The number of ether oxygens (including phenoxy) is 1. The Balaban J connectivity index is 1.19. The van der Waals surface area contributed by atoms with E-state index in [9.17, 15) is 9.59 Å². The number of hydrogen-bond acceptors (Lipinski definition) is 9. The van der Waals surface area contributed by atoms with Gasteiger partial charge in [-0.1, -0.05) is 0 Å². The topological polar surface area (TPSA) is 119 Å². The summed E-state index contributed by atoms with van der Waals surface area (Å²) in [6.45, 7) is 7.75. The van der Waals surface area contributed by atoms with Crippen molar-refractivity contribution in [1.29, 1.82) is 0 Å². The van der Waals surface area contributed by atoms with Crippen molar-refractivity contribution in [3.63, 3.8) is 0 Å². The van der Waals surface area contributed by atoms with Crippen LogP contribution in [0.4, 0.5) is 0 Å². The van der Waals surface area contributed by atoms with Gasteiger partial charge in [0.25, 0.3) is 5.56 Å². The quantitative estimate of drug-likeness (QED) is 0.490. The van der Waals surface area contributed by atoms with Gasteiger partial charge in [-0.2, -0.15) is 5.10 Å². The van der Waals surface area contributed by atoms with Gasteiger partial charge >= 0.3 is 5.97 Å². The van der Waals surface area contributed by atoms with E-state index in [1.54, 1.807) is 6.20 Å². The Kier molecular flexibility index (Phi) is 4.91. The Bertz CT molecular complexity index is 1270. The molecule has 3 N–H and O–H groups in total. The molecule has 11 heteroatoms. The lowest BCUT2D eigenvalue weighted by molar-refractivity contribution is -0.165. The summed E-state index contributed by atoms with van der Waals surface area (Å²) in [5, 5.41) is 10.4. The summed E-state index contributed by atoms with van der Waals surface area (Å²) in [6, 6.07) is 2.03. The summed E-state index contributed by atoms with van der Waals surface area (Å²) in [6.07, 6.45) is 3.29. The Morgan fingerprint density at radius 2 is 2.09 bits per heavy atom. The van der Waals surface area contributed by atoms with Crippen LogP contribution >= 0.6 is 11.3 Å². The fourth-order valence-corrected chi connectivity index (χ4v) is 6.61. The van der Waals surface area contributed by atoms with Gasteiger partial charge in [-0.15, -0.1) is 11.3 Å². The summed E-state index contributed by atoms with van der Waals surface area (Å²) in [4.78, 5) is 38.5. The molecule has 33 heavy (non-hydrogen) atoms. The zero-order valence-corrected chi connectivity index (χ0v) is 19.5.